The number of carbonyl (C=O) groups is 2. The van der Waals surface area contributed by atoms with E-state index < -0.39 is 5.97 Å². The average molecular weight is 373 g/mol. The number of hydrogen-bond donors (Lipinski definition) is 1. The first-order chi connectivity index (χ1) is 12.9. The third kappa shape index (κ3) is 4.89. The number of amides is 1. The van der Waals surface area contributed by atoms with Gasteiger partial charge in [0.15, 0.2) is 5.69 Å². The zero-order valence-corrected chi connectivity index (χ0v) is 15.4. The molecule has 1 atom stereocenters. The molecule has 1 aliphatic heterocycles. The van der Waals surface area contributed by atoms with Crippen LogP contribution in [0, 0.1) is 6.92 Å². The summed E-state index contributed by atoms with van der Waals surface area (Å²) >= 11 is 0. The van der Waals surface area contributed by atoms with Crippen LogP contribution in [0.3, 0.4) is 0 Å². The molecule has 27 heavy (non-hydrogen) atoms. The lowest BCUT2D eigenvalue weighted by atomic mass is 10.2. The van der Waals surface area contributed by atoms with Gasteiger partial charge in [-0.2, -0.15) is 0 Å². The maximum absolute atomic E-state index is 12.8. The number of carboxylic acids is 1. The number of morpholine rings is 1. The second-order valence-electron chi connectivity index (χ2n) is 6.72. The smallest absolute Gasteiger partial charge is 0.317 e. The summed E-state index contributed by atoms with van der Waals surface area (Å²) in [5, 5.41) is 16.9. The predicted molar refractivity (Wildman–Crippen MR) is 96.9 cm³/mol. The first-order valence-electron chi connectivity index (χ1n) is 8.73. The quantitative estimate of drug-likeness (QED) is 0.784. The van der Waals surface area contributed by atoms with Gasteiger partial charge in [0.1, 0.15) is 0 Å². The minimum Gasteiger partial charge on any atom is -0.480 e. The predicted octanol–water partition coefficient (Wildman–Crippen LogP) is 0.433. The van der Waals surface area contributed by atoms with Crippen molar-refractivity contribution in [3.05, 3.63) is 41.7 Å². The van der Waals surface area contributed by atoms with Gasteiger partial charge in [0.05, 0.1) is 31.1 Å². The summed E-state index contributed by atoms with van der Waals surface area (Å²) in [6.07, 6.45) is 1.38. The van der Waals surface area contributed by atoms with Crippen LogP contribution in [0.1, 0.15) is 16.1 Å². The highest BCUT2D eigenvalue weighted by atomic mass is 16.5. The van der Waals surface area contributed by atoms with Crippen LogP contribution in [0.25, 0.3) is 5.69 Å². The first kappa shape index (κ1) is 19.0. The van der Waals surface area contributed by atoms with E-state index >= 15 is 0 Å². The third-order valence-corrected chi connectivity index (χ3v) is 4.36. The van der Waals surface area contributed by atoms with E-state index in [0.29, 0.717) is 26.2 Å². The molecule has 0 saturated carbocycles. The van der Waals surface area contributed by atoms with E-state index in [4.69, 9.17) is 9.84 Å². The van der Waals surface area contributed by atoms with Gasteiger partial charge in [0, 0.05) is 19.6 Å². The number of rotatable bonds is 6. The Bertz CT molecular complexity index is 804. The lowest BCUT2D eigenvalue weighted by molar-refractivity contribution is -0.138. The number of hydrogen-bond acceptors (Lipinski definition) is 6. The lowest BCUT2D eigenvalue weighted by Gasteiger charge is -2.34. The van der Waals surface area contributed by atoms with Crippen molar-refractivity contribution in [1.29, 1.82) is 0 Å². The summed E-state index contributed by atoms with van der Waals surface area (Å²) in [4.78, 5) is 26.9. The van der Waals surface area contributed by atoms with Gasteiger partial charge in [-0.1, -0.05) is 22.9 Å². The van der Waals surface area contributed by atoms with E-state index in [9.17, 15) is 9.59 Å². The molecule has 0 bridgehead atoms. The number of nitrogens with zero attached hydrogens (tertiary/aromatic N) is 5. The van der Waals surface area contributed by atoms with E-state index in [0.717, 1.165) is 11.3 Å². The monoisotopic (exact) mass is 373 g/mol. The van der Waals surface area contributed by atoms with Crippen LogP contribution in [0.4, 0.5) is 0 Å². The number of carbonyl (C=O) groups excluding carboxylic acids is 1. The minimum absolute atomic E-state index is 0.0708. The Morgan fingerprint density at radius 3 is 2.78 bits per heavy atom. The van der Waals surface area contributed by atoms with Crippen molar-refractivity contribution in [3.63, 3.8) is 0 Å². The van der Waals surface area contributed by atoms with Gasteiger partial charge in [0.25, 0.3) is 5.91 Å². The largest absolute Gasteiger partial charge is 0.480 e. The number of aryl methyl sites for hydroxylation is 1. The number of aliphatic carboxylic acids is 1. The van der Waals surface area contributed by atoms with Crippen molar-refractivity contribution in [2.45, 2.75) is 13.0 Å². The van der Waals surface area contributed by atoms with Crippen LogP contribution >= 0.6 is 0 Å². The highest BCUT2D eigenvalue weighted by Gasteiger charge is 2.27. The van der Waals surface area contributed by atoms with Gasteiger partial charge < -0.3 is 14.7 Å². The van der Waals surface area contributed by atoms with E-state index in [1.54, 1.807) is 27.7 Å². The van der Waals surface area contributed by atoms with Gasteiger partial charge in [-0.05, 0) is 26.1 Å². The van der Waals surface area contributed by atoms with Crippen molar-refractivity contribution in [2.24, 2.45) is 0 Å². The van der Waals surface area contributed by atoms with Crippen molar-refractivity contribution < 1.29 is 19.4 Å². The van der Waals surface area contributed by atoms with E-state index in [1.165, 1.54) is 0 Å². The Kier molecular flexibility index (Phi) is 5.82. The fourth-order valence-corrected chi connectivity index (χ4v) is 3.00. The van der Waals surface area contributed by atoms with Crippen molar-refractivity contribution in [2.75, 3.05) is 39.8 Å². The minimum atomic E-state index is -0.894. The fourth-order valence-electron chi connectivity index (χ4n) is 3.00. The second kappa shape index (κ2) is 8.28. The van der Waals surface area contributed by atoms with Gasteiger partial charge in [0.2, 0.25) is 0 Å². The molecule has 1 aromatic carbocycles. The van der Waals surface area contributed by atoms with Crippen LogP contribution in [-0.2, 0) is 9.53 Å². The Balaban J connectivity index is 1.63. The molecule has 0 aliphatic carbocycles. The lowest BCUT2D eigenvalue weighted by Crippen LogP contribution is -2.49. The summed E-state index contributed by atoms with van der Waals surface area (Å²) in [5.41, 5.74) is 2.25. The number of benzene rings is 1. The molecule has 144 valence electrons. The van der Waals surface area contributed by atoms with E-state index in [-0.39, 0.29) is 24.2 Å². The maximum atomic E-state index is 12.8. The van der Waals surface area contributed by atoms with Crippen LogP contribution in [-0.4, -0.2) is 87.7 Å². The zero-order valence-electron chi connectivity index (χ0n) is 15.4. The van der Waals surface area contributed by atoms with Crippen LogP contribution < -0.4 is 0 Å². The molecule has 1 aliphatic rings. The molecule has 1 amide bonds. The first-order valence-corrected chi connectivity index (χ1v) is 8.73. The standard InChI is InChI=1S/C18H23N5O4/c1-13-3-5-14(6-4-13)23-11-16(19-20-23)18(26)22-7-8-27-15(10-22)9-21(2)12-17(24)25/h3-6,11,15H,7-10,12H2,1-2H3,(H,24,25). The van der Waals surface area contributed by atoms with Crippen molar-refractivity contribution >= 4 is 11.9 Å². The summed E-state index contributed by atoms with van der Waals surface area (Å²) < 4.78 is 7.24. The highest BCUT2D eigenvalue weighted by molar-refractivity contribution is 5.92. The molecule has 1 saturated heterocycles. The molecule has 1 aromatic heterocycles. The molecule has 1 fully saturated rings. The van der Waals surface area contributed by atoms with Crippen molar-refractivity contribution in [3.8, 4) is 5.69 Å². The summed E-state index contributed by atoms with van der Waals surface area (Å²) in [7, 11) is 1.71. The molecule has 9 nitrogen and oxygen atoms in total. The second-order valence-corrected chi connectivity index (χ2v) is 6.72. The zero-order chi connectivity index (χ0) is 19.4. The SMILES string of the molecule is Cc1ccc(-n2cc(C(=O)N3CCOC(CN(C)CC(=O)O)C3)nn2)cc1. The molecule has 3 rings (SSSR count). The number of ether oxygens (including phenoxy) is 1. The van der Waals surface area contributed by atoms with Gasteiger partial charge >= 0.3 is 5.97 Å². The van der Waals surface area contributed by atoms with Crippen LogP contribution in [0.2, 0.25) is 0 Å². The highest BCUT2D eigenvalue weighted by Crippen LogP contribution is 2.12. The van der Waals surface area contributed by atoms with E-state index in [2.05, 4.69) is 10.3 Å². The van der Waals surface area contributed by atoms with Gasteiger partial charge in [-0.3, -0.25) is 14.5 Å². The number of likely N-dealkylation sites (N-methyl/N-ethyl adjacent to an activating group) is 1. The van der Waals surface area contributed by atoms with Gasteiger partial charge in [-0.15, -0.1) is 5.10 Å². The molecule has 1 N–H and O–H groups in total. The number of aromatic nitrogens is 3. The topological polar surface area (TPSA) is 101 Å². The summed E-state index contributed by atoms with van der Waals surface area (Å²) in [6, 6.07) is 7.78. The van der Waals surface area contributed by atoms with E-state index in [1.807, 2.05) is 31.2 Å². The van der Waals surface area contributed by atoms with Gasteiger partial charge in [-0.25, -0.2) is 4.68 Å². The fraction of sp³-hybridized carbons (Fsp3) is 0.444. The van der Waals surface area contributed by atoms with Crippen molar-refractivity contribution in [1.82, 2.24) is 24.8 Å². The Morgan fingerprint density at radius 1 is 1.33 bits per heavy atom. The van der Waals surface area contributed by atoms with Crippen LogP contribution in [0.5, 0.6) is 0 Å². The summed E-state index contributed by atoms with van der Waals surface area (Å²) in [5.74, 6) is -1.10. The van der Waals surface area contributed by atoms with Crippen LogP contribution in [0.15, 0.2) is 30.5 Å². The third-order valence-electron chi connectivity index (χ3n) is 4.36. The Hall–Kier alpha value is -2.78. The molecule has 2 aromatic rings. The average Bonchev–Trinajstić information content (AvgIpc) is 3.11. The molecule has 9 heteroatoms. The molecule has 0 radical (unpaired) electrons. The maximum Gasteiger partial charge on any atom is 0.317 e. The normalized spacial score (nSPS) is 17.3. The molecule has 2 heterocycles. The molecule has 1 unspecified atom stereocenters. The summed E-state index contributed by atoms with van der Waals surface area (Å²) in [6.45, 7) is 3.63. The number of carboxylic acid groups (broad SMARTS) is 1. The Morgan fingerprint density at radius 2 is 2.07 bits per heavy atom. The molecular weight excluding hydrogens is 350 g/mol. The Labute approximate surface area is 157 Å². The molecule has 0 spiro atoms. The molecular formula is C18H23N5O4.